The SMILES string of the molecule is CC(C)S(=O)(=O)/N=C1\CCCN2C(=O)COc3ccccc3C3CCC(CC3)OCC12. The summed E-state index contributed by atoms with van der Waals surface area (Å²) in [5, 5.41) is -0.600. The summed E-state index contributed by atoms with van der Waals surface area (Å²) in [6.07, 6.45) is 5.25. The minimum Gasteiger partial charge on any atom is -0.483 e. The average Bonchev–Trinajstić information content (AvgIpc) is 2.77. The molecule has 1 saturated carbocycles. The number of amides is 1. The number of rotatable bonds is 2. The number of nitrogens with zero attached hydrogens (tertiary/aromatic N) is 2. The smallest absolute Gasteiger partial charge is 0.261 e. The number of hydrogen-bond donors (Lipinski definition) is 0. The summed E-state index contributed by atoms with van der Waals surface area (Å²) in [5.74, 6) is 1.01. The van der Waals surface area contributed by atoms with E-state index in [0.29, 0.717) is 31.0 Å². The van der Waals surface area contributed by atoms with Crippen molar-refractivity contribution in [3.63, 3.8) is 0 Å². The Bertz CT molecular complexity index is 935. The third-order valence-electron chi connectivity index (χ3n) is 6.63. The molecule has 5 rings (SSSR count). The van der Waals surface area contributed by atoms with Crippen molar-refractivity contribution in [1.29, 1.82) is 0 Å². The molecule has 1 aromatic rings. The Morgan fingerprint density at radius 3 is 2.61 bits per heavy atom. The lowest BCUT2D eigenvalue weighted by atomic mass is 9.82. The van der Waals surface area contributed by atoms with Crippen LogP contribution in [0.5, 0.6) is 5.75 Å². The minimum absolute atomic E-state index is 0.0755. The zero-order valence-corrected chi connectivity index (χ0v) is 19.1. The van der Waals surface area contributed by atoms with Gasteiger partial charge < -0.3 is 14.4 Å². The molecule has 2 fully saturated rings. The van der Waals surface area contributed by atoms with Gasteiger partial charge in [0, 0.05) is 6.54 Å². The highest BCUT2D eigenvalue weighted by Crippen LogP contribution is 2.38. The molecule has 1 saturated heterocycles. The Morgan fingerprint density at radius 1 is 1.13 bits per heavy atom. The molecular formula is C23H32N2O5S. The number of hydrogen-bond acceptors (Lipinski definition) is 5. The predicted octanol–water partition coefficient (Wildman–Crippen LogP) is 3.29. The summed E-state index contributed by atoms with van der Waals surface area (Å²) in [6.45, 7) is 3.99. The number of fused-ring (bicyclic) bond motifs is 5. The molecule has 3 heterocycles. The summed E-state index contributed by atoms with van der Waals surface area (Å²) in [5.41, 5.74) is 1.69. The maximum Gasteiger partial charge on any atom is 0.261 e. The van der Waals surface area contributed by atoms with Crippen LogP contribution in [0.25, 0.3) is 0 Å². The standard InChI is InChI=1S/C23H32N2O5S/c1-16(2)31(27,28)24-20-7-5-13-25-21(20)14-29-18-11-9-17(10-12-18)19-6-3-4-8-22(19)30-15-23(25)26/h3-4,6,8,16-18,21H,5,7,9-15H2,1-2H3/b24-20+. The van der Waals surface area contributed by atoms with Crippen molar-refractivity contribution >= 4 is 21.6 Å². The fraction of sp³-hybridized carbons (Fsp3) is 0.652. The van der Waals surface area contributed by atoms with Gasteiger partial charge in [0.2, 0.25) is 0 Å². The van der Waals surface area contributed by atoms with Gasteiger partial charge in [0.05, 0.1) is 29.7 Å². The van der Waals surface area contributed by atoms with E-state index in [2.05, 4.69) is 10.5 Å². The number of ether oxygens (including phenoxy) is 2. The average molecular weight is 449 g/mol. The van der Waals surface area contributed by atoms with Crippen LogP contribution in [-0.2, 0) is 19.6 Å². The Balaban J connectivity index is 1.65. The van der Waals surface area contributed by atoms with Crippen LogP contribution >= 0.6 is 0 Å². The van der Waals surface area contributed by atoms with Crippen molar-refractivity contribution in [2.24, 2.45) is 4.40 Å². The van der Waals surface area contributed by atoms with E-state index in [-0.39, 0.29) is 25.2 Å². The molecule has 0 radical (unpaired) electrons. The maximum atomic E-state index is 13.1. The van der Waals surface area contributed by atoms with Crippen LogP contribution in [0.1, 0.15) is 63.9 Å². The molecule has 170 valence electrons. The first-order valence-corrected chi connectivity index (χ1v) is 12.8. The fourth-order valence-corrected chi connectivity index (χ4v) is 5.48. The van der Waals surface area contributed by atoms with E-state index in [4.69, 9.17) is 9.47 Å². The van der Waals surface area contributed by atoms with Gasteiger partial charge in [-0.15, -0.1) is 0 Å². The molecule has 1 amide bonds. The van der Waals surface area contributed by atoms with Gasteiger partial charge in [-0.25, -0.2) is 8.42 Å². The van der Waals surface area contributed by atoms with Crippen molar-refractivity contribution in [2.75, 3.05) is 19.8 Å². The predicted molar refractivity (Wildman–Crippen MR) is 119 cm³/mol. The van der Waals surface area contributed by atoms with Crippen LogP contribution in [0.4, 0.5) is 0 Å². The van der Waals surface area contributed by atoms with Gasteiger partial charge in [-0.1, -0.05) is 18.2 Å². The molecule has 0 N–H and O–H groups in total. The number of benzene rings is 1. The molecule has 3 aliphatic heterocycles. The highest BCUT2D eigenvalue weighted by molar-refractivity contribution is 7.90. The van der Waals surface area contributed by atoms with Crippen molar-refractivity contribution in [3.05, 3.63) is 29.8 Å². The summed E-state index contributed by atoms with van der Waals surface area (Å²) >= 11 is 0. The van der Waals surface area contributed by atoms with Gasteiger partial charge in [0.15, 0.2) is 6.61 Å². The van der Waals surface area contributed by atoms with Crippen LogP contribution < -0.4 is 4.74 Å². The Morgan fingerprint density at radius 2 is 1.87 bits per heavy atom. The second-order valence-electron chi connectivity index (χ2n) is 8.99. The van der Waals surface area contributed by atoms with Gasteiger partial charge in [-0.05, 0) is 69.9 Å². The van der Waals surface area contributed by atoms with E-state index in [1.165, 1.54) is 0 Å². The summed E-state index contributed by atoms with van der Waals surface area (Å²) < 4.78 is 41.4. The first-order valence-electron chi connectivity index (χ1n) is 11.3. The van der Waals surface area contributed by atoms with Crippen molar-refractivity contribution in [2.45, 2.75) is 75.7 Å². The number of piperidine rings is 1. The molecule has 8 heteroatoms. The highest BCUT2D eigenvalue weighted by atomic mass is 32.2. The molecule has 0 aromatic heterocycles. The van der Waals surface area contributed by atoms with E-state index in [1.54, 1.807) is 18.7 Å². The van der Waals surface area contributed by atoms with E-state index in [0.717, 1.165) is 37.0 Å². The third-order valence-corrected chi connectivity index (χ3v) is 8.31. The maximum absolute atomic E-state index is 13.1. The second kappa shape index (κ2) is 9.28. The Labute approximate surface area is 184 Å². The van der Waals surface area contributed by atoms with E-state index in [9.17, 15) is 13.2 Å². The number of sulfonamides is 1. The molecule has 31 heavy (non-hydrogen) atoms. The highest BCUT2D eigenvalue weighted by Gasteiger charge is 2.35. The normalized spacial score (nSPS) is 28.9. The van der Waals surface area contributed by atoms with Crippen LogP contribution in [0, 0.1) is 0 Å². The van der Waals surface area contributed by atoms with Gasteiger partial charge >= 0.3 is 0 Å². The monoisotopic (exact) mass is 448 g/mol. The zero-order chi connectivity index (χ0) is 22.0. The molecule has 1 aliphatic carbocycles. The third kappa shape index (κ3) is 4.95. The Hall–Kier alpha value is -1.93. The van der Waals surface area contributed by atoms with Crippen molar-refractivity contribution < 1.29 is 22.7 Å². The Kier molecular flexibility index (Phi) is 6.67. The lowest BCUT2D eigenvalue weighted by molar-refractivity contribution is -0.136. The van der Waals surface area contributed by atoms with E-state index >= 15 is 0 Å². The van der Waals surface area contributed by atoms with Gasteiger partial charge in [-0.3, -0.25) is 4.79 Å². The van der Waals surface area contributed by atoms with Crippen molar-refractivity contribution in [3.8, 4) is 5.75 Å². The fourth-order valence-electron chi connectivity index (χ4n) is 4.73. The molecular weight excluding hydrogens is 416 g/mol. The molecule has 2 bridgehead atoms. The van der Waals surface area contributed by atoms with Crippen LogP contribution in [0.3, 0.4) is 0 Å². The molecule has 1 unspecified atom stereocenters. The first kappa shape index (κ1) is 22.3. The van der Waals surface area contributed by atoms with Gasteiger partial charge in [0.25, 0.3) is 15.9 Å². The zero-order valence-electron chi connectivity index (χ0n) is 18.3. The van der Waals surface area contributed by atoms with Gasteiger partial charge in [0.1, 0.15) is 5.75 Å². The lowest BCUT2D eigenvalue weighted by Gasteiger charge is -2.37. The minimum atomic E-state index is -3.61. The number of carbonyl (C=O) groups is 1. The molecule has 0 spiro atoms. The molecule has 1 atom stereocenters. The quantitative estimate of drug-likeness (QED) is 0.693. The summed E-state index contributed by atoms with van der Waals surface area (Å²) in [4.78, 5) is 14.8. The topological polar surface area (TPSA) is 85.3 Å². The molecule has 7 nitrogen and oxygen atoms in total. The van der Waals surface area contributed by atoms with Crippen LogP contribution in [-0.4, -0.2) is 62.1 Å². The summed E-state index contributed by atoms with van der Waals surface area (Å²) in [7, 11) is -3.61. The van der Waals surface area contributed by atoms with E-state index in [1.807, 2.05) is 18.2 Å². The largest absolute Gasteiger partial charge is 0.483 e. The molecule has 1 aromatic carbocycles. The van der Waals surface area contributed by atoms with Crippen LogP contribution in [0.2, 0.25) is 0 Å². The van der Waals surface area contributed by atoms with Gasteiger partial charge in [-0.2, -0.15) is 4.40 Å². The van der Waals surface area contributed by atoms with Crippen LogP contribution in [0.15, 0.2) is 28.7 Å². The number of para-hydroxylation sites is 1. The first-order chi connectivity index (χ1) is 14.8. The van der Waals surface area contributed by atoms with Crippen molar-refractivity contribution in [1.82, 2.24) is 4.90 Å². The summed E-state index contributed by atoms with van der Waals surface area (Å²) in [6, 6.07) is 7.51. The lowest BCUT2D eigenvalue weighted by Crippen LogP contribution is -2.53. The molecule has 4 aliphatic rings. The van der Waals surface area contributed by atoms with E-state index < -0.39 is 21.3 Å². The number of carbonyl (C=O) groups excluding carboxylic acids is 1. The second-order valence-corrected chi connectivity index (χ2v) is 11.1.